The van der Waals surface area contributed by atoms with Crippen LogP contribution >= 0.6 is 12.2 Å². The predicted octanol–water partition coefficient (Wildman–Crippen LogP) is 0.962. The highest BCUT2D eigenvalue weighted by Gasteiger charge is 2.03. The standard InChI is InChI=1S/C10H7NS/c1-7-3-2-4-8-9(12)5-6-11-10(7)8/h2-6H,1H2. The van der Waals surface area contributed by atoms with Crippen molar-refractivity contribution in [2.45, 2.75) is 0 Å². The summed E-state index contributed by atoms with van der Waals surface area (Å²) in [5.41, 5.74) is 1.01. The minimum absolute atomic E-state index is 0.838. The third kappa shape index (κ3) is 1.01. The molecule has 1 heterocycles. The fourth-order valence-corrected chi connectivity index (χ4v) is 1.44. The van der Waals surface area contributed by atoms with E-state index in [0.29, 0.717) is 0 Å². The van der Waals surface area contributed by atoms with Gasteiger partial charge in [0.25, 0.3) is 0 Å². The second kappa shape index (κ2) is 2.64. The molecule has 0 saturated heterocycles. The van der Waals surface area contributed by atoms with Gasteiger partial charge in [0, 0.05) is 16.6 Å². The summed E-state index contributed by atoms with van der Waals surface area (Å²) in [6, 6.07) is 5.85. The van der Waals surface area contributed by atoms with Crippen molar-refractivity contribution in [3.8, 4) is 0 Å². The molecule has 0 unspecified atom stereocenters. The lowest BCUT2D eigenvalue weighted by atomic mass is 10.1. The molecule has 1 aliphatic heterocycles. The van der Waals surface area contributed by atoms with Gasteiger partial charge in [0.15, 0.2) is 0 Å². The van der Waals surface area contributed by atoms with Gasteiger partial charge in [0.1, 0.15) is 0 Å². The monoisotopic (exact) mass is 173 g/mol. The third-order valence-corrected chi connectivity index (χ3v) is 2.17. The molecule has 1 nitrogen and oxygen atoms in total. The van der Waals surface area contributed by atoms with Gasteiger partial charge in [-0.2, -0.15) is 0 Å². The summed E-state index contributed by atoms with van der Waals surface area (Å²) in [5, 5.41) is 1.84. The van der Waals surface area contributed by atoms with Crippen molar-refractivity contribution in [1.29, 1.82) is 0 Å². The van der Waals surface area contributed by atoms with E-state index < -0.39 is 0 Å². The summed E-state index contributed by atoms with van der Waals surface area (Å²) in [6.45, 7) is 3.88. The second-order valence-electron chi connectivity index (χ2n) is 2.62. The van der Waals surface area contributed by atoms with Crippen molar-refractivity contribution >= 4 is 23.7 Å². The average molecular weight is 173 g/mol. The van der Waals surface area contributed by atoms with Crippen LogP contribution in [0.25, 0.3) is 6.58 Å². The van der Waals surface area contributed by atoms with E-state index >= 15 is 0 Å². The van der Waals surface area contributed by atoms with Gasteiger partial charge >= 0.3 is 0 Å². The van der Waals surface area contributed by atoms with Gasteiger partial charge in [-0.1, -0.05) is 37.0 Å². The number of para-hydroxylation sites is 1. The van der Waals surface area contributed by atoms with Crippen molar-refractivity contribution in [3.05, 3.63) is 46.6 Å². The fourth-order valence-electron chi connectivity index (χ4n) is 1.21. The maximum atomic E-state index is 5.15. The molecule has 12 heavy (non-hydrogen) atoms. The highest BCUT2D eigenvalue weighted by Crippen LogP contribution is 1.98. The molecular formula is C10H7NS. The third-order valence-electron chi connectivity index (χ3n) is 1.81. The molecule has 0 spiro atoms. The molecule has 0 N–H and O–H groups in total. The van der Waals surface area contributed by atoms with E-state index in [4.69, 9.17) is 12.2 Å². The molecule has 0 fully saturated rings. The first kappa shape index (κ1) is 7.37. The molecule has 1 aromatic carbocycles. The average Bonchev–Trinajstić information content (AvgIpc) is 2.07. The number of thiocarbonyl (C=S) groups is 1. The Morgan fingerprint density at radius 2 is 2.17 bits per heavy atom. The Bertz CT molecular complexity index is 471. The Kier molecular flexibility index (Phi) is 1.62. The summed E-state index contributed by atoms with van der Waals surface area (Å²) < 4.78 is 0. The van der Waals surface area contributed by atoms with Gasteiger partial charge in [0.05, 0.1) is 5.36 Å². The zero-order valence-electron chi connectivity index (χ0n) is 6.45. The molecule has 1 aliphatic rings. The molecule has 0 aliphatic carbocycles. The van der Waals surface area contributed by atoms with Crippen LogP contribution in [-0.2, 0) is 0 Å². The number of allylic oxidation sites excluding steroid dienone is 1. The molecule has 0 aromatic heterocycles. The van der Waals surface area contributed by atoms with E-state index in [-0.39, 0.29) is 0 Å². The summed E-state index contributed by atoms with van der Waals surface area (Å²) in [5.74, 6) is 0. The lowest BCUT2D eigenvalue weighted by Crippen LogP contribution is -2.30. The molecule has 0 saturated carbocycles. The maximum Gasteiger partial charge on any atom is 0.0782 e. The zero-order chi connectivity index (χ0) is 8.55. The topological polar surface area (TPSA) is 12.4 Å². The summed E-state index contributed by atoms with van der Waals surface area (Å²) in [7, 11) is 0. The highest BCUT2D eigenvalue weighted by atomic mass is 32.1. The largest absolute Gasteiger partial charge is 0.256 e. The second-order valence-corrected chi connectivity index (χ2v) is 3.06. The Labute approximate surface area is 75.8 Å². The molecule has 0 amide bonds. The quantitative estimate of drug-likeness (QED) is 0.532. The van der Waals surface area contributed by atoms with E-state index in [1.54, 1.807) is 6.20 Å². The van der Waals surface area contributed by atoms with Crippen LogP contribution in [0.3, 0.4) is 0 Å². The van der Waals surface area contributed by atoms with Crippen LogP contribution in [0.5, 0.6) is 0 Å². The SMILES string of the molecule is C=c1cccc2c1=NC=CC2=S. The summed E-state index contributed by atoms with van der Waals surface area (Å²) >= 11 is 5.15. The fraction of sp³-hybridized carbons (Fsp3) is 0. The lowest BCUT2D eigenvalue weighted by Gasteiger charge is -2.02. The van der Waals surface area contributed by atoms with Gasteiger partial charge < -0.3 is 0 Å². The van der Waals surface area contributed by atoms with Crippen LogP contribution in [0.4, 0.5) is 0 Å². The van der Waals surface area contributed by atoms with Crippen LogP contribution in [0.1, 0.15) is 5.56 Å². The number of benzene rings is 1. The van der Waals surface area contributed by atoms with Gasteiger partial charge in [-0.3, -0.25) is 4.99 Å². The Morgan fingerprint density at radius 3 is 2.92 bits per heavy atom. The van der Waals surface area contributed by atoms with Crippen molar-refractivity contribution < 1.29 is 0 Å². The Hall–Kier alpha value is -1.28. The number of hydrogen-bond donors (Lipinski definition) is 0. The first-order valence-electron chi connectivity index (χ1n) is 3.66. The predicted molar refractivity (Wildman–Crippen MR) is 53.6 cm³/mol. The molecule has 0 bridgehead atoms. The molecule has 58 valence electrons. The van der Waals surface area contributed by atoms with E-state index in [0.717, 1.165) is 21.0 Å². The highest BCUT2D eigenvalue weighted by molar-refractivity contribution is 7.81. The Morgan fingerprint density at radius 1 is 1.33 bits per heavy atom. The molecular weight excluding hydrogens is 166 g/mol. The van der Waals surface area contributed by atoms with Gasteiger partial charge in [-0.15, -0.1) is 0 Å². The number of hydrogen-bond acceptors (Lipinski definition) is 2. The number of nitrogens with zero attached hydrogens (tertiary/aromatic N) is 1. The Balaban J connectivity index is 2.94. The van der Waals surface area contributed by atoms with Crippen molar-refractivity contribution in [2.24, 2.45) is 4.99 Å². The van der Waals surface area contributed by atoms with Crippen molar-refractivity contribution in [2.75, 3.05) is 0 Å². The number of fused-ring (bicyclic) bond motifs is 1. The van der Waals surface area contributed by atoms with Crippen LogP contribution in [-0.4, -0.2) is 4.86 Å². The van der Waals surface area contributed by atoms with E-state index in [9.17, 15) is 0 Å². The molecule has 0 atom stereocenters. The van der Waals surface area contributed by atoms with Crippen molar-refractivity contribution in [3.63, 3.8) is 0 Å². The van der Waals surface area contributed by atoms with E-state index in [1.165, 1.54) is 0 Å². The lowest BCUT2D eigenvalue weighted by molar-refractivity contribution is 1.28. The van der Waals surface area contributed by atoms with E-state index in [2.05, 4.69) is 11.6 Å². The van der Waals surface area contributed by atoms with E-state index in [1.807, 2.05) is 24.3 Å². The van der Waals surface area contributed by atoms with Crippen LogP contribution < -0.4 is 10.6 Å². The van der Waals surface area contributed by atoms with Crippen LogP contribution in [0, 0.1) is 0 Å². The minimum Gasteiger partial charge on any atom is -0.256 e. The van der Waals surface area contributed by atoms with Gasteiger partial charge in [-0.25, -0.2) is 0 Å². The first-order valence-corrected chi connectivity index (χ1v) is 4.06. The van der Waals surface area contributed by atoms with Crippen molar-refractivity contribution in [1.82, 2.24) is 0 Å². The summed E-state index contributed by atoms with van der Waals surface area (Å²) in [6.07, 6.45) is 3.55. The molecule has 0 radical (unpaired) electrons. The minimum atomic E-state index is 0.838. The van der Waals surface area contributed by atoms with Crippen LogP contribution in [0.15, 0.2) is 35.5 Å². The number of rotatable bonds is 0. The van der Waals surface area contributed by atoms with Crippen LogP contribution in [0.2, 0.25) is 0 Å². The van der Waals surface area contributed by atoms with Gasteiger partial charge in [-0.05, 0) is 11.3 Å². The molecule has 2 heteroatoms. The molecule has 2 rings (SSSR count). The zero-order valence-corrected chi connectivity index (χ0v) is 7.27. The first-order chi connectivity index (χ1) is 5.79. The smallest absolute Gasteiger partial charge is 0.0782 e. The summed E-state index contributed by atoms with van der Waals surface area (Å²) in [4.78, 5) is 5.05. The molecule has 1 aromatic rings. The van der Waals surface area contributed by atoms with Gasteiger partial charge in [0.2, 0.25) is 0 Å². The maximum absolute atomic E-state index is 5.15. The normalized spacial score (nSPS) is 13.8.